The third kappa shape index (κ3) is 4.12. The molecule has 2 aromatic carbocycles. The summed E-state index contributed by atoms with van der Waals surface area (Å²) in [6.45, 7) is 1.98. The Kier molecular flexibility index (Phi) is 5.09. The number of halogens is 2. The first-order chi connectivity index (χ1) is 9.99. The van der Waals surface area contributed by atoms with E-state index in [0.29, 0.717) is 22.1 Å². The highest BCUT2D eigenvalue weighted by Gasteiger charge is 2.06. The van der Waals surface area contributed by atoms with Gasteiger partial charge in [-0.2, -0.15) is 0 Å². The third-order valence-electron chi connectivity index (χ3n) is 2.84. The molecule has 2 aromatic rings. The second kappa shape index (κ2) is 6.83. The van der Waals surface area contributed by atoms with Gasteiger partial charge in [-0.15, -0.1) is 0 Å². The van der Waals surface area contributed by atoms with Crippen LogP contribution in [-0.4, -0.2) is 13.1 Å². The molecule has 2 rings (SSSR count). The van der Waals surface area contributed by atoms with Crippen LogP contribution in [0.4, 0.5) is 16.2 Å². The van der Waals surface area contributed by atoms with Crippen molar-refractivity contribution in [2.75, 3.05) is 17.7 Å². The van der Waals surface area contributed by atoms with Crippen molar-refractivity contribution in [2.24, 2.45) is 0 Å². The van der Waals surface area contributed by atoms with E-state index >= 15 is 0 Å². The maximum absolute atomic E-state index is 11.9. The number of aryl methyl sites for hydroxylation is 1. The van der Waals surface area contributed by atoms with Crippen LogP contribution in [0.25, 0.3) is 0 Å². The van der Waals surface area contributed by atoms with Gasteiger partial charge in [0.25, 0.3) is 0 Å². The second-order valence-electron chi connectivity index (χ2n) is 4.39. The number of benzene rings is 2. The van der Waals surface area contributed by atoms with Crippen LogP contribution in [0.1, 0.15) is 5.56 Å². The van der Waals surface area contributed by atoms with Gasteiger partial charge in [0.1, 0.15) is 5.75 Å². The number of methoxy groups -OCH3 is 1. The Labute approximate surface area is 136 Å². The Morgan fingerprint density at radius 1 is 1.14 bits per heavy atom. The Hall–Kier alpha value is -1.72. The van der Waals surface area contributed by atoms with E-state index in [2.05, 4.69) is 26.6 Å². The van der Waals surface area contributed by atoms with Gasteiger partial charge in [0.15, 0.2) is 0 Å². The average Bonchev–Trinajstić information content (AvgIpc) is 2.43. The summed E-state index contributed by atoms with van der Waals surface area (Å²) >= 11 is 9.43. The summed E-state index contributed by atoms with van der Waals surface area (Å²) in [5.74, 6) is 0.560. The first kappa shape index (κ1) is 15.7. The summed E-state index contributed by atoms with van der Waals surface area (Å²) < 4.78 is 6.00. The molecule has 0 atom stereocenters. The van der Waals surface area contributed by atoms with Crippen LogP contribution in [0.3, 0.4) is 0 Å². The number of carbonyl (C=O) groups is 1. The fraction of sp³-hybridized carbons (Fsp3) is 0.133. The monoisotopic (exact) mass is 368 g/mol. The number of ether oxygens (including phenoxy) is 1. The summed E-state index contributed by atoms with van der Waals surface area (Å²) in [6.07, 6.45) is 0. The number of nitrogens with one attached hydrogen (secondary N) is 2. The fourth-order valence-electron chi connectivity index (χ4n) is 1.71. The molecule has 110 valence electrons. The number of carbonyl (C=O) groups excluding carboxylic acids is 1. The molecule has 21 heavy (non-hydrogen) atoms. The number of urea groups is 1. The van der Waals surface area contributed by atoms with Crippen molar-refractivity contribution >= 4 is 44.9 Å². The Morgan fingerprint density at radius 3 is 2.33 bits per heavy atom. The average molecular weight is 370 g/mol. The van der Waals surface area contributed by atoms with Gasteiger partial charge in [-0.25, -0.2) is 4.79 Å². The second-order valence-corrected chi connectivity index (χ2v) is 5.65. The predicted octanol–water partition coefficient (Wildman–Crippen LogP) is 5.06. The number of anilines is 2. The lowest BCUT2D eigenvalue weighted by atomic mass is 10.2. The first-order valence-electron chi connectivity index (χ1n) is 6.17. The number of hydrogen-bond acceptors (Lipinski definition) is 2. The van der Waals surface area contributed by atoms with Crippen LogP contribution in [0.5, 0.6) is 5.75 Å². The van der Waals surface area contributed by atoms with E-state index in [4.69, 9.17) is 16.3 Å². The Morgan fingerprint density at radius 2 is 1.76 bits per heavy atom. The Balaban J connectivity index is 2.04. The van der Waals surface area contributed by atoms with E-state index in [0.717, 1.165) is 10.0 Å². The van der Waals surface area contributed by atoms with Gasteiger partial charge < -0.3 is 15.4 Å². The van der Waals surface area contributed by atoms with Gasteiger partial charge in [-0.3, -0.25) is 0 Å². The van der Waals surface area contributed by atoms with Crippen LogP contribution < -0.4 is 15.4 Å². The molecule has 2 N–H and O–H groups in total. The maximum Gasteiger partial charge on any atom is 0.323 e. The predicted molar refractivity (Wildman–Crippen MR) is 89.5 cm³/mol. The van der Waals surface area contributed by atoms with Crippen molar-refractivity contribution < 1.29 is 9.53 Å². The summed E-state index contributed by atoms with van der Waals surface area (Å²) in [7, 11) is 1.54. The van der Waals surface area contributed by atoms with Crippen molar-refractivity contribution in [1.82, 2.24) is 0 Å². The molecule has 0 saturated heterocycles. The van der Waals surface area contributed by atoms with E-state index < -0.39 is 0 Å². The molecule has 4 nitrogen and oxygen atoms in total. The zero-order valence-corrected chi connectivity index (χ0v) is 13.9. The molecule has 0 saturated carbocycles. The normalized spacial score (nSPS) is 10.1. The lowest BCUT2D eigenvalue weighted by Crippen LogP contribution is -2.19. The molecule has 0 aliphatic heterocycles. The van der Waals surface area contributed by atoms with E-state index in [-0.39, 0.29) is 6.03 Å². The van der Waals surface area contributed by atoms with Crippen LogP contribution >= 0.6 is 27.5 Å². The molecule has 0 fully saturated rings. The molecule has 6 heteroatoms. The van der Waals surface area contributed by atoms with E-state index in [9.17, 15) is 4.79 Å². The molecular formula is C15H14BrClN2O2. The molecular weight excluding hydrogens is 356 g/mol. The van der Waals surface area contributed by atoms with Crippen LogP contribution in [-0.2, 0) is 0 Å². The summed E-state index contributed by atoms with van der Waals surface area (Å²) in [5.41, 5.74) is 2.39. The third-order valence-corrected chi connectivity index (χ3v) is 3.99. The van der Waals surface area contributed by atoms with Gasteiger partial charge in [-0.05, 0) is 42.8 Å². The lowest BCUT2D eigenvalue weighted by Gasteiger charge is -2.10. The first-order valence-corrected chi connectivity index (χ1v) is 7.34. The highest BCUT2D eigenvalue weighted by molar-refractivity contribution is 9.10. The fourth-order valence-corrected chi connectivity index (χ4v) is 2.34. The summed E-state index contributed by atoms with van der Waals surface area (Å²) in [4.78, 5) is 11.9. The van der Waals surface area contributed by atoms with Crippen molar-refractivity contribution in [3.05, 3.63) is 51.5 Å². The lowest BCUT2D eigenvalue weighted by molar-refractivity contribution is 0.262. The van der Waals surface area contributed by atoms with E-state index in [1.807, 2.05) is 25.1 Å². The zero-order chi connectivity index (χ0) is 15.4. The van der Waals surface area contributed by atoms with Gasteiger partial charge >= 0.3 is 6.03 Å². The smallest absolute Gasteiger partial charge is 0.323 e. The molecule has 0 aliphatic carbocycles. The van der Waals surface area contributed by atoms with Crippen LogP contribution in [0.15, 0.2) is 40.9 Å². The van der Waals surface area contributed by atoms with Gasteiger partial charge in [0, 0.05) is 15.8 Å². The zero-order valence-electron chi connectivity index (χ0n) is 11.5. The van der Waals surface area contributed by atoms with Crippen molar-refractivity contribution in [1.29, 1.82) is 0 Å². The highest BCUT2D eigenvalue weighted by Crippen LogP contribution is 2.27. The Bertz CT molecular complexity index is 677. The molecule has 0 heterocycles. The summed E-state index contributed by atoms with van der Waals surface area (Å²) in [6, 6.07) is 10.3. The van der Waals surface area contributed by atoms with Crippen molar-refractivity contribution in [2.45, 2.75) is 6.92 Å². The minimum Gasteiger partial charge on any atom is -0.495 e. The van der Waals surface area contributed by atoms with Crippen molar-refractivity contribution in [3.8, 4) is 5.75 Å². The number of hydrogen-bond donors (Lipinski definition) is 2. The SMILES string of the molecule is COc1ccc(NC(=O)Nc2ccc(C)c(Br)c2)cc1Cl. The number of rotatable bonds is 3. The minimum absolute atomic E-state index is 0.341. The van der Waals surface area contributed by atoms with Gasteiger partial charge in [0.05, 0.1) is 12.1 Å². The standard InChI is InChI=1S/C15H14BrClN2O2/c1-9-3-4-10(7-12(9)16)18-15(20)19-11-5-6-14(21-2)13(17)8-11/h3-8H,1-2H3,(H2,18,19,20). The quantitative estimate of drug-likeness (QED) is 0.794. The van der Waals surface area contributed by atoms with Crippen LogP contribution in [0.2, 0.25) is 5.02 Å². The highest BCUT2D eigenvalue weighted by atomic mass is 79.9. The molecule has 0 unspecified atom stereocenters. The molecule has 0 radical (unpaired) electrons. The van der Waals surface area contributed by atoms with E-state index in [1.165, 1.54) is 7.11 Å². The summed E-state index contributed by atoms with van der Waals surface area (Å²) in [5, 5.41) is 5.90. The largest absolute Gasteiger partial charge is 0.495 e. The van der Waals surface area contributed by atoms with Gasteiger partial charge in [-0.1, -0.05) is 33.6 Å². The van der Waals surface area contributed by atoms with E-state index in [1.54, 1.807) is 18.2 Å². The van der Waals surface area contributed by atoms with Crippen LogP contribution in [0, 0.1) is 6.92 Å². The molecule has 0 aromatic heterocycles. The van der Waals surface area contributed by atoms with Gasteiger partial charge in [0.2, 0.25) is 0 Å². The maximum atomic E-state index is 11.9. The molecule has 2 amide bonds. The van der Waals surface area contributed by atoms with Crippen molar-refractivity contribution in [3.63, 3.8) is 0 Å². The topological polar surface area (TPSA) is 50.4 Å². The minimum atomic E-state index is -0.341. The molecule has 0 bridgehead atoms. The molecule has 0 spiro atoms. The number of amides is 2. The molecule has 0 aliphatic rings.